The number of nitrogens with zero attached hydrogens (tertiary/aromatic N) is 2. The maximum absolute atomic E-state index is 5.80. The van der Waals surface area contributed by atoms with Gasteiger partial charge in [0.25, 0.3) is 0 Å². The van der Waals surface area contributed by atoms with Crippen molar-refractivity contribution in [3.8, 4) is 11.8 Å². The number of rotatable bonds is 2. The normalized spacial score (nSPS) is 9.93. The average molecular weight is 222 g/mol. The van der Waals surface area contributed by atoms with Gasteiger partial charge in [-0.05, 0) is 24.3 Å². The van der Waals surface area contributed by atoms with Crippen LogP contribution < -0.4 is 10.5 Å². The molecule has 0 aliphatic carbocycles. The molecule has 15 heavy (non-hydrogen) atoms. The number of benzene rings is 1. The predicted molar refractivity (Wildman–Crippen MR) is 58.0 cm³/mol. The van der Waals surface area contributed by atoms with E-state index in [0.29, 0.717) is 16.6 Å². The molecular weight excluding hydrogens is 214 g/mol. The van der Waals surface area contributed by atoms with E-state index in [1.807, 2.05) is 0 Å². The van der Waals surface area contributed by atoms with Crippen LogP contribution in [0.1, 0.15) is 0 Å². The fourth-order valence-corrected chi connectivity index (χ4v) is 1.22. The number of nitrogens with two attached hydrogens (primary N) is 1. The molecule has 2 N–H and O–H groups in total. The third kappa shape index (κ3) is 2.57. The number of halogens is 1. The van der Waals surface area contributed by atoms with Crippen LogP contribution in [0, 0.1) is 0 Å². The van der Waals surface area contributed by atoms with Crippen molar-refractivity contribution in [2.45, 2.75) is 0 Å². The Balaban J connectivity index is 2.22. The van der Waals surface area contributed by atoms with E-state index < -0.39 is 0 Å². The zero-order valence-electron chi connectivity index (χ0n) is 7.72. The van der Waals surface area contributed by atoms with Crippen molar-refractivity contribution in [2.24, 2.45) is 0 Å². The van der Waals surface area contributed by atoms with Crippen LogP contribution in [0.2, 0.25) is 5.02 Å². The molecule has 0 spiro atoms. The second-order valence-electron chi connectivity index (χ2n) is 2.82. The molecule has 2 rings (SSSR count). The lowest BCUT2D eigenvalue weighted by atomic mass is 10.3. The Morgan fingerprint density at radius 3 is 2.87 bits per heavy atom. The molecular formula is C10H8ClN3O. The van der Waals surface area contributed by atoms with E-state index in [-0.39, 0.29) is 6.01 Å². The Hall–Kier alpha value is -1.81. The van der Waals surface area contributed by atoms with Crippen molar-refractivity contribution in [3.63, 3.8) is 0 Å². The first-order valence-electron chi connectivity index (χ1n) is 4.26. The zero-order valence-corrected chi connectivity index (χ0v) is 8.48. The van der Waals surface area contributed by atoms with Crippen molar-refractivity contribution < 1.29 is 4.74 Å². The summed E-state index contributed by atoms with van der Waals surface area (Å²) in [6, 6.07) is 8.77. The predicted octanol–water partition coefficient (Wildman–Crippen LogP) is 2.50. The zero-order chi connectivity index (χ0) is 10.7. The number of hydrogen-bond acceptors (Lipinski definition) is 4. The Morgan fingerprint density at radius 1 is 1.27 bits per heavy atom. The molecule has 0 fully saturated rings. The highest BCUT2D eigenvalue weighted by Gasteiger charge is 2.00. The molecule has 0 aliphatic heterocycles. The van der Waals surface area contributed by atoms with E-state index in [4.69, 9.17) is 22.1 Å². The molecule has 4 nitrogen and oxygen atoms in total. The van der Waals surface area contributed by atoms with Gasteiger partial charge in [-0.3, -0.25) is 0 Å². The molecule has 76 valence electrons. The van der Waals surface area contributed by atoms with Crippen LogP contribution in [0.5, 0.6) is 11.8 Å². The van der Waals surface area contributed by atoms with Gasteiger partial charge in [0.05, 0.1) is 0 Å². The Morgan fingerprint density at radius 2 is 2.13 bits per heavy atom. The first-order valence-corrected chi connectivity index (χ1v) is 4.64. The molecule has 0 radical (unpaired) electrons. The summed E-state index contributed by atoms with van der Waals surface area (Å²) in [5.74, 6) is 0.940. The summed E-state index contributed by atoms with van der Waals surface area (Å²) in [6.07, 6.45) is 1.53. The number of hydrogen-bond donors (Lipinski definition) is 1. The van der Waals surface area contributed by atoms with Crippen molar-refractivity contribution in [2.75, 3.05) is 5.73 Å². The van der Waals surface area contributed by atoms with E-state index >= 15 is 0 Å². The Kier molecular flexibility index (Phi) is 2.69. The highest BCUT2D eigenvalue weighted by atomic mass is 35.5. The molecule has 0 saturated heterocycles. The monoisotopic (exact) mass is 221 g/mol. The second-order valence-corrected chi connectivity index (χ2v) is 3.26. The average Bonchev–Trinajstić information content (AvgIpc) is 2.17. The van der Waals surface area contributed by atoms with Crippen molar-refractivity contribution >= 4 is 17.4 Å². The van der Waals surface area contributed by atoms with Crippen LogP contribution in [-0.2, 0) is 0 Å². The molecule has 0 aliphatic rings. The lowest BCUT2D eigenvalue weighted by molar-refractivity contribution is 0.443. The minimum Gasteiger partial charge on any atom is -0.424 e. The van der Waals surface area contributed by atoms with E-state index in [1.165, 1.54) is 6.20 Å². The van der Waals surface area contributed by atoms with Gasteiger partial charge in [-0.25, -0.2) is 4.98 Å². The number of ether oxygens (including phenoxy) is 1. The molecule has 0 amide bonds. The molecule has 0 unspecified atom stereocenters. The molecule has 2 aromatic rings. The van der Waals surface area contributed by atoms with Crippen LogP contribution in [0.25, 0.3) is 0 Å². The molecule has 5 heteroatoms. The quantitative estimate of drug-likeness (QED) is 0.847. The van der Waals surface area contributed by atoms with Gasteiger partial charge < -0.3 is 10.5 Å². The van der Waals surface area contributed by atoms with Gasteiger partial charge >= 0.3 is 6.01 Å². The number of anilines is 1. The molecule has 0 bridgehead atoms. The highest BCUT2D eigenvalue weighted by molar-refractivity contribution is 6.30. The third-order valence-electron chi connectivity index (χ3n) is 1.66. The SMILES string of the molecule is Nc1ccnc(Oc2cccc(Cl)c2)n1. The maximum atomic E-state index is 5.80. The molecule has 1 aromatic carbocycles. The minimum atomic E-state index is 0.206. The van der Waals surface area contributed by atoms with Gasteiger partial charge in [0.1, 0.15) is 11.6 Å². The number of nitrogen functional groups attached to an aromatic ring is 1. The standard InChI is InChI=1S/C10H8ClN3O/c11-7-2-1-3-8(6-7)15-10-13-5-4-9(12)14-10/h1-6H,(H2,12,13,14). The summed E-state index contributed by atoms with van der Waals surface area (Å²) in [4.78, 5) is 7.81. The van der Waals surface area contributed by atoms with Crippen LogP contribution in [0.4, 0.5) is 5.82 Å². The Labute approximate surface area is 91.7 Å². The lowest BCUT2D eigenvalue weighted by Crippen LogP contribution is -1.95. The fourth-order valence-electron chi connectivity index (χ4n) is 1.04. The van der Waals surface area contributed by atoms with E-state index in [9.17, 15) is 0 Å². The van der Waals surface area contributed by atoms with Gasteiger partial charge in [-0.2, -0.15) is 4.98 Å². The highest BCUT2D eigenvalue weighted by Crippen LogP contribution is 2.21. The van der Waals surface area contributed by atoms with Crippen molar-refractivity contribution in [1.82, 2.24) is 9.97 Å². The molecule has 1 heterocycles. The summed E-state index contributed by atoms with van der Waals surface area (Å²) >= 11 is 5.80. The first-order chi connectivity index (χ1) is 7.24. The van der Waals surface area contributed by atoms with Gasteiger partial charge in [-0.15, -0.1) is 0 Å². The summed E-state index contributed by atoms with van der Waals surface area (Å²) in [6.45, 7) is 0. The number of aromatic nitrogens is 2. The van der Waals surface area contributed by atoms with Crippen LogP contribution >= 0.6 is 11.6 Å². The Bertz CT molecular complexity index is 432. The van der Waals surface area contributed by atoms with Gasteiger partial charge in [0, 0.05) is 11.2 Å². The van der Waals surface area contributed by atoms with E-state index in [0.717, 1.165) is 0 Å². The maximum Gasteiger partial charge on any atom is 0.323 e. The lowest BCUT2D eigenvalue weighted by Gasteiger charge is -2.03. The third-order valence-corrected chi connectivity index (χ3v) is 1.90. The smallest absolute Gasteiger partial charge is 0.323 e. The summed E-state index contributed by atoms with van der Waals surface area (Å²) in [5, 5.41) is 0.594. The van der Waals surface area contributed by atoms with Gasteiger partial charge in [-0.1, -0.05) is 17.7 Å². The topological polar surface area (TPSA) is 61.0 Å². The van der Waals surface area contributed by atoms with Crippen LogP contribution in [0.15, 0.2) is 36.5 Å². The summed E-state index contributed by atoms with van der Waals surface area (Å²) < 4.78 is 5.35. The van der Waals surface area contributed by atoms with Crippen LogP contribution in [0.3, 0.4) is 0 Å². The van der Waals surface area contributed by atoms with Gasteiger partial charge in [0.15, 0.2) is 0 Å². The minimum absolute atomic E-state index is 0.206. The first kappa shape index (κ1) is 9.73. The van der Waals surface area contributed by atoms with E-state index in [1.54, 1.807) is 30.3 Å². The molecule has 0 saturated carbocycles. The fraction of sp³-hybridized carbons (Fsp3) is 0. The second kappa shape index (κ2) is 4.14. The summed E-state index contributed by atoms with van der Waals surface area (Å²) in [5.41, 5.74) is 5.48. The van der Waals surface area contributed by atoms with Crippen molar-refractivity contribution in [1.29, 1.82) is 0 Å². The van der Waals surface area contributed by atoms with Crippen LogP contribution in [-0.4, -0.2) is 9.97 Å². The van der Waals surface area contributed by atoms with Gasteiger partial charge in [0.2, 0.25) is 0 Å². The van der Waals surface area contributed by atoms with Crippen molar-refractivity contribution in [3.05, 3.63) is 41.6 Å². The van der Waals surface area contributed by atoms with E-state index in [2.05, 4.69) is 9.97 Å². The molecule has 0 atom stereocenters. The largest absolute Gasteiger partial charge is 0.424 e. The molecule has 1 aromatic heterocycles. The summed E-state index contributed by atoms with van der Waals surface area (Å²) in [7, 11) is 0.